The molecule has 1 fully saturated rings. The van der Waals surface area contributed by atoms with Gasteiger partial charge in [0.25, 0.3) is 23.5 Å². The third-order valence-electron chi connectivity index (χ3n) is 8.17. The number of hydrogen-bond donors (Lipinski definition) is 1. The van der Waals surface area contributed by atoms with Crippen LogP contribution < -0.4 is 33.4 Å². The number of rotatable bonds is 7. The van der Waals surface area contributed by atoms with Crippen molar-refractivity contribution in [2.24, 2.45) is 0 Å². The molecule has 4 amide bonds. The number of carbonyl (C=O) groups is 4. The fourth-order valence-electron chi connectivity index (χ4n) is 6.07. The summed E-state index contributed by atoms with van der Waals surface area (Å²) < 4.78 is 9.45. The number of aliphatic hydroxyl groups is 1. The molecule has 0 saturated carbocycles. The molecule has 3 heterocycles. The smallest absolute Gasteiger partial charge is 0.410 e. The molecule has 1 N–H and O–H groups in total. The number of aliphatic hydroxyl groups excluding tert-OH is 1. The third kappa shape index (κ3) is 6.70. The maximum atomic E-state index is 14.0. The monoisotopic (exact) mass is 746 g/mol. The average molecular weight is 747 g/mol. The van der Waals surface area contributed by atoms with Crippen LogP contribution in [0.1, 0.15) is 71.5 Å². The van der Waals surface area contributed by atoms with Crippen LogP contribution >= 0.6 is 0 Å². The van der Waals surface area contributed by atoms with Gasteiger partial charge < -0.3 is 48.5 Å². The topological polar surface area (TPSA) is 120 Å². The number of imidazole rings is 1. The zero-order valence-corrected chi connectivity index (χ0v) is 29.7. The quantitative estimate of drug-likeness (QED) is 0.204. The van der Waals surface area contributed by atoms with Crippen LogP contribution in [0.15, 0.2) is 36.4 Å². The molecule has 46 heavy (non-hydrogen) atoms. The van der Waals surface area contributed by atoms with Crippen LogP contribution in [0.25, 0.3) is 11.0 Å². The Labute approximate surface area is 286 Å². The highest BCUT2D eigenvalue weighted by molar-refractivity contribution is 6.21. The van der Waals surface area contributed by atoms with Crippen molar-refractivity contribution in [3.05, 3.63) is 58.9 Å². The lowest BCUT2D eigenvalue weighted by atomic mass is 10.1. The van der Waals surface area contributed by atoms with Crippen LogP contribution in [0.4, 0.5) is 10.5 Å². The van der Waals surface area contributed by atoms with Crippen LogP contribution in [-0.4, -0.2) is 100 Å². The number of halogens is 1. The van der Waals surface area contributed by atoms with E-state index >= 15 is 0 Å². The van der Waals surface area contributed by atoms with E-state index in [1.807, 2.05) is 68.0 Å². The average Bonchev–Trinajstić information content (AvgIpc) is 3.40. The molecule has 12 nitrogen and oxygen atoms in total. The summed E-state index contributed by atoms with van der Waals surface area (Å²) in [5.74, 6) is -0.203. The number of fused-ring (bicyclic) bond motifs is 2. The summed E-state index contributed by atoms with van der Waals surface area (Å²) in [6, 6.07) is 10.6. The predicted molar refractivity (Wildman–Crippen MR) is 168 cm³/mol. The molecular weight excluding hydrogens is 703 g/mol. The Morgan fingerprint density at radius 3 is 2.07 bits per heavy atom. The van der Waals surface area contributed by atoms with E-state index in [2.05, 4.69) is 0 Å². The lowest BCUT2D eigenvalue weighted by molar-refractivity contribution is -0.687. The van der Waals surface area contributed by atoms with Gasteiger partial charge in [-0.1, -0.05) is 12.1 Å². The van der Waals surface area contributed by atoms with Gasteiger partial charge in [0.15, 0.2) is 11.0 Å². The van der Waals surface area contributed by atoms with E-state index in [0.717, 1.165) is 11.0 Å². The molecule has 0 radical (unpaired) electrons. The second-order valence-electron chi connectivity index (χ2n) is 12.9. The number of ether oxygens (including phenoxy) is 1. The Morgan fingerprint density at radius 1 is 1.00 bits per heavy atom. The van der Waals surface area contributed by atoms with Gasteiger partial charge in [0.05, 0.1) is 35.0 Å². The van der Waals surface area contributed by atoms with Crippen LogP contribution in [-0.2, 0) is 24.4 Å². The van der Waals surface area contributed by atoms with E-state index in [1.165, 1.54) is 4.90 Å². The molecule has 3 aromatic rings. The summed E-state index contributed by atoms with van der Waals surface area (Å²) in [7, 11) is 3.74. The van der Waals surface area contributed by atoms with Crippen molar-refractivity contribution in [3.8, 4) is 0 Å². The maximum Gasteiger partial charge on any atom is 0.410 e. The second kappa shape index (κ2) is 13.6. The van der Waals surface area contributed by atoms with Gasteiger partial charge in [-0.2, -0.15) is 0 Å². The maximum absolute atomic E-state index is 14.0. The fraction of sp³-hybridized carbons (Fsp3) is 0.485. The van der Waals surface area contributed by atoms with Crippen LogP contribution in [0.3, 0.4) is 0 Å². The lowest BCUT2D eigenvalue weighted by Crippen LogP contribution is -3.00. The molecule has 13 heteroatoms. The molecule has 1 aromatic heterocycles. The number of piperazine rings is 1. The number of anilines is 1. The zero-order valence-electron chi connectivity index (χ0n) is 27.5. The van der Waals surface area contributed by atoms with Gasteiger partial charge in [0.1, 0.15) is 18.7 Å². The van der Waals surface area contributed by atoms with Crippen molar-refractivity contribution in [1.29, 1.82) is 0 Å². The molecule has 1 saturated heterocycles. The van der Waals surface area contributed by atoms with Crippen LogP contribution in [0, 0.1) is 0 Å². The molecule has 2 aliphatic heterocycles. The Morgan fingerprint density at radius 2 is 1.57 bits per heavy atom. The Hall–Kier alpha value is -3.72. The van der Waals surface area contributed by atoms with Gasteiger partial charge >= 0.3 is 6.09 Å². The molecule has 2 aromatic carbocycles. The highest BCUT2D eigenvalue weighted by Gasteiger charge is 2.39. The number of nitrogens with zero attached hydrogens (tertiary/aromatic N) is 6. The number of amides is 4. The van der Waals surface area contributed by atoms with Gasteiger partial charge in [0.2, 0.25) is 0 Å². The predicted octanol–water partition coefficient (Wildman–Crippen LogP) is -0.111. The summed E-state index contributed by atoms with van der Waals surface area (Å²) in [5.41, 5.74) is 2.88. The molecular formula is C33H43IN6O6. The Kier molecular flexibility index (Phi) is 10.4. The van der Waals surface area contributed by atoms with Crippen molar-refractivity contribution in [2.75, 3.05) is 45.2 Å². The molecule has 0 bridgehead atoms. The number of carbonyl (C=O) groups excluding carboxylic acids is 4. The highest BCUT2D eigenvalue weighted by Crippen LogP contribution is 2.30. The van der Waals surface area contributed by atoms with Crippen molar-refractivity contribution in [3.63, 3.8) is 0 Å². The van der Waals surface area contributed by atoms with E-state index in [1.54, 1.807) is 41.0 Å². The molecule has 248 valence electrons. The standard InChI is InChI=1S/C33H43N6O6.HI/c1-8-37-26-17-24(29(41)35-13-15-36(16-14-35)32(44)45-33(3,4)5)25(34(6)7)18-27(26)38(19-21(2)40)28(37)20-39-30(42)22-11-9-10-12-23(22)31(39)43;/h9-12,17-18,21,40H,8,13-16,19-20H2,1-7H3;1H/q+1;/p-1/t21-;/m0./s1. The molecule has 2 aliphatic rings. The number of aryl methyl sites for hydroxylation is 1. The number of hydrogen-bond acceptors (Lipinski definition) is 7. The molecule has 0 aliphatic carbocycles. The minimum Gasteiger partial charge on any atom is -1.00 e. The number of imide groups is 1. The summed E-state index contributed by atoms with van der Waals surface area (Å²) in [6.07, 6.45) is -1.10. The Balaban J connectivity index is 0.00000480. The van der Waals surface area contributed by atoms with E-state index in [4.69, 9.17) is 4.74 Å². The van der Waals surface area contributed by atoms with E-state index < -0.39 is 11.7 Å². The van der Waals surface area contributed by atoms with Crippen molar-refractivity contribution in [1.82, 2.24) is 19.3 Å². The summed E-state index contributed by atoms with van der Waals surface area (Å²) in [4.78, 5) is 59.7. The minimum atomic E-state index is -0.711. The first kappa shape index (κ1) is 35.1. The largest absolute Gasteiger partial charge is 1.00 e. The number of benzene rings is 2. The zero-order chi connectivity index (χ0) is 32.8. The SMILES string of the molecule is CCn1c(CN2C(=O)c3ccccc3C2=O)[n+](C[C@H](C)O)c2cc(N(C)C)c(C(=O)N3CCN(C(=O)OC(C)(C)C)CC3)cc21.[I-]. The van der Waals surface area contributed by atoms with Gasteiger partial charge in [-0.15, -0.1) is 0 Å². The Bertz CT molecular complexity index is 1630. The molecule has 1 atom stereocenters. The molecule has 5 rings (SSSR count). The summed E-state index contributed by atoms with van der Waals surface area (Å²) in [5, 5.41) is 10.5. The first-order chi connectivity index (χ1) is 21.2. The van der Waals surface area contributed by atoms with Crippen molar-refractivity contribution >= 4 is 40.5 Å². The van der Waals surface area contributed by atoms with Crippen LogP contribution in [0.2, 0.25) is 0 Å². The van der Waals surface area contributed by atoms with Crippen LogP contribution in [0.5, 0.6) is 0 Å². The molecule has 0 spiro atoms. The van der Waals surface area contributed by atoms with Gasteiger partial charge in [-0.3, -0.25) is 19.3 Å². The van der Waals surface area contributed by atoms with E-state index in [9.17, 15) is 24.3 Å². The van der Waals surface area contributed by atoms with Gasteiger partial charge in [0, 0.05) is 52.4 Å². The summed E-state index contributed by atoms with van der Waals surface area (Å²) >= 11 is 0. The van der Waals surface area contributed by atoms with E-state index in [0.29, 0.717) is 60.9 Å². The molecule has 0 unspecified atom stereocenters. The number of aromatic nitrogens is 2. The lowest BCUT2D eigenvalue weighted by Gasteiger charge is -2.36. The minimum absolute atomic E-state index is 0. The second-order valence-corrected chi connectivity index (χ2v) is 12.9. The normalized spacial score (nSPS) is 15.6. The van der Waals surface area contributed by atoms with Crippen molar-refractivity contribution < 1.29 is 57.6 Å². The van der Waals surface area contributed by atoms with Gasteiger partial charge in [-0.05, 0) is 46.8 Å². The first-order valence-electron chi connectivity index (χ1n) is 15.4. The first-order valence-corrected chi connectivity index (χ1v) is 15.4. The summed E-state index contributed by atoms with van der Waals surface area (Å²) in [6.45, 7) is 11.3. The highest BCUT2D eigenvalue weighted by atomic mass is 127. The fourth-order valence-corrected chi connectivity index (χ4v) is 6.07. The third-order valence-corrected chi connectivity index (χ3v) is 8.17. The van der Waals surface area contributed by atoms with E-state index in [-0.39, 0.29) is 60.9 Å². The van der Waals surface area contributed by atoms with Crippen molar-refractivity contribution in [2.45, 2.75) is 66.0 Å². The van der Waals surface area contributed by atoms with Gasteiger partial charge in [-0.25, -0.2) is 13.9 Å².